The van der Waals surface area contributed by atoms with Crippen molar-refractivity contribution < 1.29 is 4.74 Å². The molecule has 2 aliphatic rings. The second-order valence-corrected chi connectivity index (χ2v) is 7.57. The molecule has 2 fully saturated rings. The minimum Gasteiger partial charge on any atom is -0.379 e. The minimum atomic E-state index is 0. The van der Waals surface area contributed by atoms with Gasteiger partial charge in [0, 0.05) is 38.8 Å². The van der Waals surface area contributed by atoms with E-state index < -0.39 is 0 Å². The molecule has 2 rings (SSSR count). The Hall–Kier alpha value is 0.270. The zero-order chi connectivity index (χ0) is 16.4. The van der Waals surface area contributed by atoms with Crippen LogP contribution in [0.4, 0.5) is 0 Å². The molecule has 5 nitrogen and oxygen atoms in total. The molecule has 1 saturated heterocycles. The number of thioether (sulfide) groups is 1. The van der Waals surface area contributed by atoms with Gasteiger partial charge in [-0.25, -0.2) is 0 Å². The third-order valence-corrected chi connectivity index (χ3v) is 5.79. The molecular weight excluding hydrogens is 435 g/mol. The van der Waals surface area contributed by atoms with E-state index in [0.29, 0.717) is 5.54 Å². The molecule has 142 valence electrons. The lowest BCUT2D eigenvalue weighted by Crippen LogP contribution is -2.60. The Labute approximate surface area is 169 Å². The van der Waals surface area contributed by atoms with Crippen LogP contribution in [0.25, 0.3) is 0 Å². The largest absolute Gasteiger partial charge is 0.379 e. The number of nitrogens with one attached hydrogen (secondary N) is 2. The highest BCUT2D eigenvalue weighted by Gasteiger charge is 2.38. The standard InChI is InChI=1S/C17H34N4OS.HI/c1-18-16(19-9-6-14-23-2)20-15-17(7-4-3-5-8-17)21-10-12-22-13-11-21;/h3-15H2,1-2H3,(H2,18,19,20);1H. The number of ether oxygens (including phenoxy) is 1. The molecule has 0 atom stereocenters. The maximum atomic E-state index is 5.56. The number of hydrogen-bond donors (Lipinski definition) is 2. The lowest BCUT2D eigenvalue weighted by Gasteiger charge is -2.48. The van der Waals surface area contributed by atoms with Gasteiger partial charge in [-0.2, -0.15) is 11.8 Å². The van der Waals surface area contributed by atoms with Gasteiger partial charge in [-0.05, 0) is 31.3 Å². The van der Waals surface area contributed by atoms with E-state index in [0.717, 1.165) is 45.4 Å². The van der Waals surface area contributed by atoms with Crippen LogP contribution in [0.1, 0.15) is 38.5 Å². The molecule has 1 heterocycles. The lowest BCUT2D eigenvalue weighted by molar-refractivity contribution is -0.0352. The monoisotopic (exact) mass is 470 g/mol. The average Bonchev–Trinajstić information content (AvgIpc) is 2.63. The van der Waals surface area contributed by atoms with Gasteiger partial charge in [-0.15, -0.1) is 24.0 Å². The van der Waals surface area contributed by atoms with E-state index in [1.807, 2.05) is 18.8 Å². The Kier molecular flexibility index (Phi) is 11.7. The average molecular weight is 470 g/mol. The second-order valence-electron chi connectivity index (χ2n) is 6.58. The van der Waals surface area contributed by atoms with Gasteiger partial charge in [0.2, 0.25) is 0 Å². The van der Waals surface area contributed by atoms with Gasteiger partial charge in [0.25, 0.3) is 0 Å². The SMILES string of the molecule is CN=C(NCCCSC)NCC1(N2CCOCC2)CCCCC1.I. The van der Waals surface area contributed by atoms with E-state index in [1.165, 1.54) is 44.3 Å². The Morgan fingerprint density at radius 2 is 1.88 bits per heavy atom. The fourth-order valence-electron chi connectivity index (χ4n) is 3.74. The summed E-state index contributed by atoms with van der Waals surface area (Å²) >= 11 is 1.90. The van der Waals surface area contributed by atoms with E-state index >= 15 is 0 Å². The molecule has 0 radical (unpaired) electrons. The summed E-state index contributed by atoms with van der Waals surface area (Å²) in [5, 5.41) is 7.05. The summed E-state index contributed by atoms with van der Waals surface area (Å²) in [6, 6.07) is 0. The molecule has 24 heavy (non-hydrogen) atoms. The number of halogens is 1. The predicted octanol–water partition coefficient (Wildman–Crippen LogP) is 2.56. The highest BCUT2D eigenvalue weighted by Crippen LogP contribution is 2.33. The maximum absolute atomic E-state index is 5.56. The van der Waals surface area contributed by atoms with Crippen LogP contribution in [-0.4, -0.2) is 74.8 Å². The van der Waals surface area contributed by atoms with Gasteiger partial charge in [0.05, 0.1) is 13.2 Å². The van der Waals surface area contributed by atoms with Gasteiger partial charge < -0.3 is 15.4 Å². The van der Waals surface area contributed by atoms with Crippen molar-refractivity contribution in [3.63, 3.8) is 0 Å². The predicted molar refractivity (Wildman–Crippen MR) is 116 cm³/mol. The molecule has 0 unspecified atom stereocenters. The van der Waals surface area contributed by atoms with Gasteiger partial charge in [-0.1, -0.05) is 19.3 Å². The molecule has 1 aliphatic heterocycles. The van der Waals surface area contributed by atoms with E-state index in [9.17, 15) is 0 Å². The van der Waals surface area contributed by atoms with Crippen molar-refractivity contribution in [2.24, 2.45) is 4.99 Å². The Morgan fingerprint density at radius 1 is 1.17 bits per heavy atom. The molecule has 0 spiro atoms. The van der Waals surface area contributed by atoms with Crippen molar-refractivity contribution in [1.29, 1.82) is 0 Å². The zero-order valence-electron chi connectivity index (χ0n) is 15.3. The van der Waals surface area contributed by atoms with Gasteiger partial charge in [-0.3, -0.25) is 9.89 Å². The Morgan fingerprint density at radius 3 is 2.50 bits per heavy atom. The number of morpholine rings is 1. The second kappa shape index (κ2) is 12.6. The van der Waals surface area contributed by atoms with Crippen LogP contribution in [0.3, 0.4) is 0 Å². The zero-order valence-corrected chi connectivity index (χ0v) is 18.5. The van der Waals surface area contributed by atoms with Crippen LogP contribution in [-0.2, 0) is 4.74 Å². The van der Waals surface area contributed by atoms with Crippen LogP contribution in [0.5, 0.6) is 0 Å². The summed E-state index contributed by atoms with van der Waals surface area (Å²) in [5.74, 6) is 2.14. The van der Waals surface area contributed by atoms with Crippen LogP contribution in [0.15, 0.2) is 4.99 Å². The number of aliphatic imine (C=N–C) groups is 1. The van der Waals surface area contributed by atoms with E-state index in [2.05, 4.69) is 26.8 Å². The van der Waals surface area contributed by atoms with Crippen molar-refractivity contribution in [2.45, 2.75) is 44.1 Å². The van der Waals surface area contributed by atoms with E-state index in [4.69, 9.17) is 4.74 Å². The number of rotatable bonds is 7. The molecule has 0 aromatic rings. The number of hydrogen-bond acceptors (Lipinski definition) is 4. The van der Waals surface area contributed by atoms with Crippen molar-refractivity contribution in [2.75, 3.05) is 58.4 Å². The van der Waals surface area contributed by atoms with Gasteiger partial charge in [0.15, 0.2) is 5.96 Å². The molecule has 0 aromatic heterocycles. The maximum Gasteiger partial charge on any atom is 0.191 e. The molecule has 0 amide bonds. The summed E-state index contributed by atoms with van der Waals surface area (Å²) in [4.78, 5) is 7.06. The summed E-state index contributed by atoms with van der Waals surface area (Å²) < 4.78 is 5.56. The van der Waals surface area contributed by atoms with Crippen LogP contribution in [0.2, 0.25) is 0 Å². The molecule has 0 aromatic carbocycles. The smallest absolute Gasteiger partial charge is 0.191 e. The topological polar surface area (TPSA) is 48.9 Å². The van der Waals surface area contributed by atoms with Crippen LogP contribution < -0.4 is 10.6 Å². The van der Waals surface area contributed by atoms with Crippen LogP contribution in [0, 0.1) is 0 Å². The van der Waals surface area contributed by atoms with Crippen molar-refractivity contribution in [3.05, 3.63) is 0 Å². The van der Waals surface area contributed by atoms with Gasteiger partial charge in [0.1, 0.15) is 0 Å². The van der Waals surface area contributed by atoms with E-state index in [-0.39, 0.29) is 24.0 Å². The fourth-order valence-corrected chi connectivity index (χ4v) is 4.18. The first-order chi connectivity index (χ1) is 11.3. The van der Waals surface area contributed by atoms with Crippen molar-refractivity contribution in [3.8, 4) is 0 Å². The quantitative estimate of drug-likeness (QED) is 0.259. The molecular formula is C17H35IN4OS. The highest BCUT2D eigenvalue weighted by molar-refractivity contribution is 14.0. The molecule has 2 N–H and O–H groups in total. The summed E-state index contributed by atoms with van der Waals surface area (Å²) in [5.41, 5.74) is 0.291. The Bertz CT molecular complexity index is 358. The Balaban J connectivity index is 0.00000288. The number of nitrogens with zero attached hydrogens (tertiary/aromatic N) is 2. The first-order valence-electron chi connectivity index (χ1n) is 9.07. The summed E-state index contributed by atoms with van der Waals surface area (Å²) in [7, 11) is 1.87. The van der Waals surface area contributed by atoms with Crippen LogP contribution >= 0.6 is 35.7 Å². The lowest BCUT2D eigenvalue weighted by atomic mass is 9.80. The third-order valence-electron chi connectivity index (χ3n) is 5.09. The molecule has 0 bridgehead atoms. The first kappa shape index (κ1) is 22.3. The highest BCUT2D eigenvalue weighted by atomic mass is 127. The summed E-state index contributed by atoms with van der Waals surface area (Å²) in [6.45, 7) is 5.88. The first-order valence-corrected chi connectivity index (χ1v) is 10.5. The van der Waals surface area contributed by atoms with Crippen molar-refractivity contribution in [1.82, 2.24) is 15.5 Å². The fraction of sp³-hybridized carbons (Fsp3) is 0.941. The number of guanidine groups is 1. The van der Waals surface area contributed by atoms with E-state index in [1.54, 1.807) is 0 Å². The molecule has 1 saturated carbocycles. The summed E-state index contributed by atoms with van der Waals surface area (Å²) in [6.07, 6.45) is 10.00. The third kappa shape index (κ3) is 6.88. The van der Waals surface area contributed by atoms with Gasteiger partial charge >= 0.3 is 0 Å². The molecule has 7 heteroatoms. The minimum absolute atomic E-state index is 0. The molecule has 1 aliphatic carbocycles. The normalized spacial score (nSPS) is 21.8. The van der Waals surface area contributed by atoms with Crippen molar-refractivity contribution >= 4 is 41.7 Å².